The van der Waals surface area contributed by atoms with Crippen molar-refractivity contribution in [3.63, 3.8) is 0 Å². The summed E-state index contributed by atoms with van der Waals surface area (Å²) in [6.07, 6.45) is 1.85. The molecule has 0 aromatic carbocycles. The average molecular weight is 263 g/mol. The van der Waals surface area contributed by atoms with E-state index in [1.54, 1.807) is 7.11 Å². The smallest absolute Gasteiger partial charge is 0.217 e. The van der Waals surface area contributed by atoms with Crippen molar-refractivity contribution in [2.24, 2.45) is 0 Å². The van der Waals surface area contributed by atoms with Gasteiger partial charge in [0.1, 0.15) is 11.9 Å². The van der Waals surface area contributed by atoms with E-state index in [2.05, 4.69) is 23.9 Å². The van der Waals surface area contributed by atoms with Crippen LogP contribution in [0.15, 0.2) is 16.5 Å². The summed E-state index contributed by atoms with van der Waals surface area (Å²) in [5, 5.41) is 4.53. The Labute approximate surface area is 113 Å². The monoisotopic (exact) mass is 263 g/mol. The van der Waals surface area contributed by atoms with Crippen LogP contribution in [0.5, 0.6) is 0 Å². The molecule has 5 nitrogen and oxygen atoms in total. The average Bonchev–Trinajstić information content (AvgIpc) is 2.99. The lowest BCUT2D eigenvalue weighted by Gasteiger charge is -2.12. The maximum atomic E-state index is 5.58. The van der Waals surface area contributed by atoms with Gasteiger partial charge in [-0.2, -0.15) is 0 Å². The van der Waals surface area contributed by atoms with Crippen LogP contribution in [-0.4, -0.2) is 21.9 Å². The molecule has 0 N–H and O–H groups in total. The van der Waals surface area contributed by atoms with E-state index in [9.17, 15) is 0 Å². The fraction of sp³-hybridized carbons (Fsp3) is 0.571. The van der Waals surface area contributed by atoms with Crippen molar-refractivity contribution in [2.75, 3.05) is 7.11 Å². The number of nitrogens with zero attached hydrogens (tertiary/aromatic N) is 3. The predicted molar refractivity (Wildman–Crippen MR) is 72.8 cm³/mol. The molecule has 2 rings (SSSR count). The second-order valence-electron chi connectivity index (χ2n) is 4.56. The Balaban J connectivity index is 2.39. The largest absolute Gasteiger partial charge is 0.458 e. The standard InChI is InChI=1S/C14H21N3O2/c1-5-9-17-14(11(6-2)18-4)15-13(16-17)12-8-7-10(3)19-12/h7-8,11H,5-6,9H2,1-4H3. The molecule has 0 bridgehead atoms. The number of hydrogen-bond acceptors (Lipinski definition) is 4. The molecule has 5 heteroatoms. The van der Waals surface area contributed by atoms with Gasteiger partial charge in [0, 0.05) is 13.7 Å². The summed E-state index contributed by atoms with van der Waals surface area (Å²) < 4.78 is 13.0. The van der Waals surface area contributed by atoms with Crippen LogP contribution in [0.3, 0.4) is 0 Å². The zero-order valence-corrected chi connectivity index (χ0v) is 12.0. The summed E-state index contributed by atoms with van der Waals surface area (Å²) >= 11 is 0. The summed E-state index contributed by atoms with van der Waals surface area (Å²) in [5.41, 5.74) is 0. The molecule has 0 amide bonds. The molecule has 0 aliphatic heterocycles. The van der Waals surface area contributed by atoms with Gasteiger partial charge in [0.05, 0.1) is 0 Å². The van der Waals surface area contributed by atoms with E-state index in [4.69, 9.17) is 9.15 Å². The molecule has 104 valence electrons. The number of furan rings is 1. The van der Waals surface area contributed by atoms with Crippen molar-refractivity contribution >= 4 is 0 Å². The van der Waals surface area contributed by atoms with Crippen LogP contribution in [0, 0.1) is 6.92 Å². The normalized spacial score (nSPS) is 12.8. The zero-order chi connectivity index (χ0) is 13.8. The molecule has 0 spiro atoms. The summed E-state index contributed by atoms with van der Waals surface area (Å²) in [7, 11) is 1.70. The second-order valence-corrected chi connectivity index (χ2v) is 4.56. The lowest BCUT2D eigenvalue weighted by atomic mass is 10.2. The van der Waals surface area contributed by atoms with E-state index < -0.39 is 0 Å². The third-order valence-electron chi connectivity index (χ3n) is 3.04. The molecule has 0 radical (unpaired) electrons. The van der Waals surface area contributed by atoms with Crippen molar-refractivity contribution in [2.45, 2.75) is 46.3 Å². The van der Waals surface area contributed by atoms with Gasteiger partial charge < -0.3 is 9.15 Å². The first-order valence-electron chi connectivity index (χ1n) is 6.73. The highest BCUT2D eigenvalue weighted by Gasteiger charge is 2.20. The molecular weight excluding hydrogens is 242 g/mol. The number of aryl methyl sites for hydroxylation is 2. The van der Waals surface area contributed by atoms with Crippen LogP contribution in [0.25, 0.3) is 11.6 Å². The van der Waals surface area contributed by atoms with E-state index in [-0.39, 0.29) is 6.10 Å². The minimum Gasteiger partial charge on any atom is -0.458 e. The summed E-state index contributed by atoms with van der Waals surface area (Å²) in [6.45, 7) is 6.95. The molecule has 0 aliphatic carbocycles. The quantitative estimate of drug-likeness (QED) is 0.802. The number of methoxy groups -OCH3 is 1. The molecule has 2 aromatic rings. The number of aromatic nitrogens is 3. The van der Waals surface area contributed by atoms with Crippen molar-refractivity contribution in [1.29, 1.82) is 0 Å². The van der Waals surface area contributed by atoms with Gasteiger partial charge in [0.2, 0.25) is 5.82 Å². The Morgan fingerprint density at radius 2 is 2.16 bits per heavy atom. The van der Waals surface area contributed by atoms with E-state index >= 15 is 0 Å². The number of rotatable bonds is 6. The highest BCUT2D eigenvalue weighted by atomic mass is 16.5. The van der Waals surface area contributed by atoms with E-state index in [1.807, 2.05) is 23.7 Å². The van der Waals surface area contributed by atoms with Gasteiger partial charge in [0.15, 0.2) is 11.6 Å². The van der Waals surface area contributed by atoms with Gasteiger partial charge >= 0.3 is 0 Å². The van der Waals surface area contributed by atoms with Crippen molar-refractivity contribution in [3.05, 3.63) is 23.7 Å². The van der Waals surface area contributed by atoms with Crippen LogP contribution in [0.2, 0.25) is 0 Å². The fourth-order valence-electron chi connectivity index (χ4n) is 2.08. The zero-order valence-electron chi connectivity index (χ0n) is 12.0. The van der Waals surface area contributed by atoms with Crippen molar-refractivity contribution in [1.82, 2.24) is 14.8 Å². The Bertz CT molecular complexity index is 527. The highest BCUT2D eigenvalue weighted by Crippen LogP contribution is 2.24. The van der Waals surface area contributed by atoms with Crippen LogP contribution in [-0.2, 0) is 11.3 Å². The third kappa shape index (κ3) is 2.87. The lowest BCUT2D eigenvalue weighted by Crippen LogP contribution is -2.11. The molecule has 2 aromatic heterocycles. The van der Waals surface area contributed by atoms with Crippen LogP contribution in [0.4, 0.5) is 0 Å². The lowest BCUT2D eigenvalue weighted by molar-refractivity contribution is 0.0883. The minimum absolute atomic E-state index is 0.0242. The summed E-state index contributed by atoms with van der Waals surface area (Å²) in [5.74, 6) is 3.07. The molecule has 0 aliphatic rings. The fourth-order valence-corrected chi connectivity index (χ4v) is 2.08. The topological polar surface area (TPSA) is 53.1 Å². The van der Waals surface area contributed by atoms with Gasteiger partial charge in [0.25, 0.3) is 0 Å². The van der Waals surface area contributed by atoms with E-state index in [1.165, 1.54) is 0 Å². The van der Waals surface area contributed by atoms with Crippen LogP contribution in [0.1, 0.15) is 44.4 Å². The number of hydrogen-bond donors (Lipinski definition) is 0. The van der Waals surface area contributed by atoms with Gasteiger partial charge in [-0.05, 0) is 31.9 Å². The SMILES string of the molecule is CCCn1nc(-c2ccc(C)o2)nc1C(CC)OC. The molecule has 1 unspecified atom stereocenters. The Morgan fingerprint density at radius 3 is 2.68 bits per heavy atom. The van der Waals surface area contributed by atoms with E-state index in [0.29, 0.717) is 11.6 Å². The first kappa shape index (κ1) is 13.8. The minimum atomic E-state index is -0.0242. The highest BCUT2D eigenvalue weighted by molar-refractivity contribution is 5.46. The summed E-state index contributed by atoms with van der Waals surface area (Å²) in [4.78, 5) is 4.59. The maximum absolute atomic E-state index is 5.58. The molecule has 0 saturated heterocycles. The predicted octanol–water partition coefficient (Wildman–Crippen LogP) is 3.35. The number of ether oxygens (including phenoxy) is 1. The third-order valence-corrected chi connectivity index (χ3v) is 3.04. The second kappa shape index (κ2) is 6.02. The van der Waals surface area contributed by atoms with Crippen molar-refractivity contribution < 1.29 is 9.15 Å². The Kier molecular flexibility index (Phi) is 4.37. The first-order valence-corrected chi connectivity index (χ1v) is 6.73. The molecule has 0 saturated carbocycles. The Hall–Kier alpha value is -1.62. The molecular formula is C14H21N3O2. The van der Waals surface area contributed by atoms with Crippen LogP contribution < -0.4 is 0 Å². The molecule has 2 heterocycles. The molecule has 1 atom stereocenters. The van der Waals surface area contributed by atoms with Crippen LogP contribution >= 0.6 is 0 Å². The maximum Gasteiger partial charge on any atom is 0.217 e. The summed E-state index contributed by atoms with van der Waals surface area (Å²) in [6, 6.07) is 3.82. The van der Waals surface area contributed by atoms with E-state index in [0.717, 1.165) is 31.0 Å². The Morgan fingerprint density at radius 1 is 1.37 bits per heavy atom. The van der Waals surface area contributed by atoms with Gasteiger partial charge in [-0.1, -0.05) is 13.8 Å². The molecule has 19 heavy (non-hydrogen) atoms. The first-order chi connectivity index (χ1) is 9.19. The van der Waals surface area contributed by atoms with Gasteiger partial charge in [-0.25, -0.2) is 9.67 Å². The van der Waals surface area contributed by atoms with Gasteiger partial charge in [-0.3, -0.25) is 0 Å². The van der Waals surface area contributed by atoms with Gasteiger partial charge in [-0.15, -0.1) is 5.10 Å². The van der Waals surface area contributed by atoms with Crippen molar-refractivity contribution in [3.8, 4) is 11.6 Å². The molecule has 0 fully saturated rings.